The van der Waals surface area contributed by atoms with Gasteiger partial charge in [0.2, 0.25) is 17.7 Å². The van der Waals surface area contributed by atoms with Crippen molar-refractivity contribution in [1.82, 2.24) is 20.2 Å². The second kappa shape index (κ2) is 9.16. The number of nitrogens with zero attached hydrogens (tertiary/aromatic N) is 3. The number of benzene rings is 1. The zero-order valence-electron chi connectivity index (χ0n) is 16.1. The van der Waals surface area contributed by atoms with Gasteiger partial charge in [0.1, 0.15) is 17.2 Å². The summed E-state index contributed by atoms with van der Waals surface area (Å²) in [6, 6.07) is 7.28. The van der Waals surface area contributed by atoms with E-state index < -0.39 is 0 Å². The maximum atomic E-state index is 12.4. The predicted octanol–water partition coefficient (Wildman–Crippen LogP) is 2.12. The van der Waals surface area contributed by atoms with Gasteiger partial charge in [-0.15, -0.1) is 0 Å². The molecule has 1 aliphatic heterocycles. The van der Waals surface area contributed by atoms with Crippen molar-refractivity contribution in [3.63, 3.8) is 0 Å². The minimum atomic E-state index is -0.218. The van der Waals surface area contributed by atoms with Gasteiger partial charge in [0, 0.05) is 44.4 Å². The maximum Gasteiger partial charge on any atom is 0.241 e. The van der Waals surface area contributed by atoms with Crippen LogP contribution in [0.5, 0.6) is 17.4 Å². The summed E-state index contributed by atoms with van der Waals surface area (Å²) in [5, 5.41) is 2.56. The number of hydrogen-bond acceptors (Lipinski definition) is 6. The standard InChI is InChI=1S/C20H24N4O4/c1-14(25)23-12-18(26)24-10-4-5-15(13-24)19-20(22-9-8-21-19)28-17-7-3-6-16(11-17)27-2/h3,6-9,11,15H,4-5,10,12-13H2,1-2H3,(H,23,25). The van der Waals surface area contributed by atoms with Crippen LogP contribution in [0, 0.1) is 0 Å². The molecular weight excluding hydrogens is 360 g/mol. The molecule has 8 nitrogen and oxygen atoms in total. The Morgan fingerprint density at radius 3 is 2.82 bits per heavy atom. The van der Waals surface area contributed by atoms with Crippen LogP contribution in [0.2, 0.25) is 0 Å². The van der Waals surface area contributed by atoms with Crippen LogP contribution in [0.3, 0.4) is 0 Å². The normalized spacial score (nSPS) is 16.4. The van der Waals surface area contributed by atoms with Gasteiger partial charge >= 0.3 is 0 Å². The molecule has 0 radical (unpaired) electrons. The van der Waals surface area contributed by atoms with Crippen molar-refractivity contribution in [2.24, 2.45) is 0 Å². The van der Waals surface area contributed by atoms with Crippen LogP contribution in [0.1, 0.15) is 31.4 Å². The van der Waals surface area contributed by atoms with E-state index in [9.17, 15) is 9.59 Å². The van der Waals surface area contributed by atoms with Crippen LogP contribution in [-0.2, 0) is 9.59 Å². The molecule has 1 N–H and O–H groups in total. The summed E-state index contributed by atoms with van der Waals surface area (Å²) < 4.78 is 11.2. The summed E-state index contributed by atoms with van der Waals surface area (Å²) in [6.45, 7) is 2.59. The second-order valence-electron chi connectivity index (χ2n) is 6.62. The van der Waals surface area contributed by atoms with Gasteiger partial charge < -0.3 is 19.7 Å². The van der Waals surface area contributed by atoms with Gasteiger partial charge in [-0.25, -0.2) is 4.98 Å². The Kier molecular flexibility index (Phi) is 6.41. The quantitative estimate of drug-likeness (QED) is 0.820. The number of amides is 2. The molecule has 0 saturated carbocycles. The molecule has 28 heavy (non-hydrogen) atoms. The van der Waals surface area contributed by atoms with E-state index in [1.54, 1.807) is 30.5 Å². The van der Waals surface area contributed by atoms with Crippen LogP contribution in [-0.4, -0.2) is 53.4 Å². The Labute approximate surface area is 163 Å². The Morgan fingerprint density at radius 1 is 1.25 bits per heavy atom. The number of aromatic nitrogens is 2. The molecule has 2 amide bonds. The van der Waals surface area contributed by atoms with Crippen LogP contribution < -0.4 is 14.8 Å². The van der Waals surface area contributed by atoms with Crippen molar-refractivity contribution in [2.45, 2.75) is 25.7 Å². The molecule has 1 unspecified atom stereocenters. The van der Waals surface area contributed by atoms with E-state index in [2.05, 4.69) is 15.3 Å². The summed E-state index contributed by atoms with van der Waals surface area (Å²) in [5.41, 5.74) is 0.724. The monoisotopic (exact) mass is 384 g/mol. The Balaban J connectivity index is 1.74. The Hall–Kier alpha value is -3.16. The molecule has 0 aliphatic carbocycles. The third-order valence-corrected chi connectivity index (χ3v) is 4.60. The third kappa shape index (κ3) is 4.97. The van der Waals surface area contributed by atoms with Gasteiger partial charge in [0.05, 0.1) is 13.7 Å². The lowest BCUT2D eigenvalue weighted by molar-refractivity contribution is -0.133. The number of carbonyl (C=O) groups excluding carboxylic acids is 2. The van der Waals surface area contributed by atoms with E-state index >= 15 is 0 Å². The highest BCUT2D eigenvalue weighted by Crippen LogP contribution is 2.33. The van der Waals surface area contributed by atoms with Gasteiger partial charge in [-0.3, -0.25) is 14.6 Å². The number of ether oxygens (including phenoxy) is 2. The van der Waals surface area contributed by atoms with Gasteiger partial charge in [0.15, 0.2) is 0 Å². The van der Waals surface area contributed by atoms with Crippen LogP contribution in [0.4, 0.5) is 0 Å². The van der Waals surface area contributed by atoms with E-state index in [4.69, 9.17) is 9.47 Å². The molecule has 2 aromatic rings. The van der Waals surface area contributed by atoms with Crippen LogP contribution in [0.25, 0.3) is 0 Å². The highest BCUT2D eigenvalue weighted by molar-refractivity contribution is 5.83. The summed E-state index contributed by atoms with van der Waals surface area (Å²) in [4.78, 5) is 34.0. The van der Waals surface area contributed by atoms with E-state index in [0.717, 1.165) is 18.5 Å². The summed E-state index contributed by atoms with van der Waals surface area (Å²) >= 11 is 0. The second-order valence-corrected chi connectivity index (χ2v) is 6.62. The summed E-state index contributed by atoms with van der Waals surface area (Å²) in [6.07, 6.45) is 4.95. The number of piperidine rings is 1. The smallest absolute Gasteiger partial charge is 0.241 e. The first-order chi connectivity index (χ1) is 13.6. The molecule has 3 rings (SSSR count). The minimum absolute atomic E-state index is 0.00961. The van der Waals surface area contributed by atoms with E-state index in [0.29, 0.717) is 30.5 Å². The molecule has 148 valence electrons. The van der Waals surface area contributed by atoms with Crippen molar-refractivity contribution in [2.75, 3.05) is 26.7 Å². The lowest BCUT2D eigenvalue weighted by Gasteiger charge is -2.32. The molecule has 1 aliphatic rings. The van der Waals surface area contributed by atoms with Gasteiger partial charge in [-0.1, -0.05) is 6.07 Å². The van der Waals surface area contributed by atoms with Crippen LogP contribution >= 0.6 is 0 Å². The SMILES string of the molecule is COc1cccc(Oc2nccnc2C2CCCN(C(=O)CNC(C)=O)C2)c1. The fourth-order valence-corrected chi connectivity index (χ4v) is 3.21. The maximum absolute atomic E-state index is 12.4. The lowest BCUT2D eigenvalue weighted by atomic mass is 9.94. The van der Waals surface area contributed by atoms with Gasteiger partial charge in [-0.05, 0) is 25.0 Å². The Bertz CT molecular complexity index is 842. The topological polar surface area (TPSA) is 93.7 Å². The van der Waals surface area contributed by atoms with E-state index in [-0.39, 0.29) is 24.3 Å². The van der Waals surface area contributed by atoms with Crippen molar-refractivity contribution >= 4 is 11.8 Å². The van der Waals surface area contributed by atoms with Crippen molar-refractivity contribution in [3.05, 3.63) is 42.4 Å². The summed E-state index contributed by atoms with van der Waals surface area (Å²) in [7, 11) is 1.60. The van der Waals surface area contributed by atoms with Gasteiger partial charge in [-0.2, -0.15) is 0 Å². The average Bonchev–Trinajstić information content (AvgIpc) is 2.72. The van der Waals surface area contributed by atoms with Crippen molar-refractivity contribution in [3.8, 4) is 17.4 Å². The molecular formula is C20H24N4O4. The van der Waals surface area contributed by atoms with E-state index in [1.807, 2.05) is 18.2 Å². The zero-order chi connectivity index (χ0) is 19.9. The highest BCUT2D eigenvalue weighted by atomic mass is 16.5. The molecule has 0 bridgehead atoms. The molecule has 0 spiro atoms. The first-order valence-electron chi connectivity index (χ1n) is 9.22. The number of carbonyl (C=O) groups is 2. The fraction of sp³-hybridized carbons (Fsp3) is 0.400. The minimum Gasteiger partial charge on any atom is -0.497 e. The molecule has 1 fully saturated rings. The molecule has 1 saturated heterocycles. The third-order valence-electron chi connectivity index (χ3n) is 4.60. The van der Waals surface area contributed by atoms with Crippen LogP contribution in [0.15, 0.2) is 36.7 Å². The average molecular weight is 384 g/mol. The first kappa shape index (κ1) is 19.6. The van der Waals surface area contributed by atoms with E-state index in [1.165, 1.54) is 6.92 Å². The number of hydrogen-bond donors (Lipinski definition) is 1. The Morgan fingerprint density at radius 2 is 2.04 bits per heavy atom. The van der Waals surface area contributed by atoms with Crippen molar-refractivity contribution < 1.29 is 19.1 Å². The predicted molar refractivity (Wildman–Crippen MR) is 102 cm³/mol. The number of likely N-dealkylation sites (tertiary alicyclic amines) is 1. The molecule has 1 atom stereocenters. The molecule has 8 heteroatoms. The first-order valence-corrected chi connectivity index (χ1v) is 9.22. The number of methoxy groups -OCH3 is 1. The highest BCUT2D eigenvalue weighted by Gasteiger charge is 2.28. The largest absolute Gasteiger partial charge is 0.497 e. The van der Waals surface area contributed by atoms with Gasteiger partial charge in [0.25, 0.3) is 0 Å². The zero-order valence-corrected chi connectivity index (χ0v) is 16.1. The summed E-state index contributed by atoms with van der Waals surface area (Å²) in [5.74, 6) is 1.43. The van der Waals surface area contributed by atoms with Crippen molar-refractivity contribution in [1.29, 1.82) is 0 Å². The fourth-order valence-electron chi connectivity index (χ4n) is 3.21. The lowest BCUT2D eigenvalue weighted by Crippen LogP contribution is -2.44. The molecule has 1 aromatic heterocycles. The number of rotatable bonds is 6. The molecule has 2 heterocycles. The molecule has 1 aromatic carbocycles. The number of nitrogens with one attached hydrogen (secondary N) is 1.